The predicted molar refractivity (Wildman–Crippen MR) is 107 cm³/mol. The maximum absolute atomic E-state index is 13.8. The van der Waals surface area contributed by atoms with Gasteiger partial charge < -0.3 is 10.4 Å². The van der Waals surface area contributed by atoms with Crippen LogP contribution in [0.3, 0.4) is 0 Å². The molecule has 0 aliphatic rings. The molecule has 2 rings (SSSR count). The zero-order valence-electron chi connectivity index (χ0n) is 17.3. The van der Waals surface area contributed by atoms with Crippen LogP contribution >= 0.6 is 11.6 Å². The van der Waals surface area contributed by atoms with Gasteiger partial charge in [-0.3, -0.25) is 4.68 Å². The molecule has 0 aliphatic heterocycles. The average Bonchev–Trinajstić information content (AvgIpc) is 3.00. The van der Waals surface area contributed by atoms with Gasteiger partial charge in [-0.15, -0.1) is 0 Å². The number of nitrogens with one attached hydrogen (secondary N) is 1. The highest BCUT2D eigenvalue weighted by atomic mass is 35.5. The minimum Gasteiger partial charge on any atom is -0.465 e. The Labute approximate surface area is 178 Å². The Morgan fingerprint density at radius 1 is 1.17 bits per heavy atom. The van der Waals surface area contributed by atoms with Gasteiger partial charge in [0, 0.05) is 24.4 Å². The van der Waals surface area contributed by atoms with Gasteiger partial charge in [0.05, 0.1) is 17.3 Å². The highest BCUT2D eigenvalue weighted by molar-refractivity contribution is 6.31. The third-order valence-electron chi connectivity index (χ3n) is 4.26. The molecule has 0 bridgehead atoms. The molecule has 0 spiro atoms. The Balaban J connectivity index is 0.000000414. The van der Waals surface area contributed by atoms with Gasteiger partial charge in [0.1, 0.15) is 0 Å². The molecule has 168 valence electrons. The lowest BCUT2D eigenvalue weighted by Gasteiger charge is -2.12. The van der Waals surface area contributed by atoms with Crippen molar-refractivity contribution in [2.45, 2.75) is 53.0 Å². The van der Waals surface area contributed by atoms with Crippen molar-refractivity contribution in [3.63, 3.8) is 0 Å². The van der Waals surface area contributed by atoms with Crippen molar-refractivity contribution in [3.8, 4) is 0 Å². The number of amides is 1. The Bertz CT molecular complexity index is 843. The lowest BCUT2D eigenvalue weighted by atomic mass is 9.99. The number of aromatic nitrogens is 2. The highest BCUT2D eigenvalue weighted by Gasteiger charge is 2.25. The zero-order valence-corrected chi connectivity index (χ0v) is 18.1. The highest BCUT2D eigenvalue weighted by Crippen LogP contribution is 2.26. The lowest BCUT2D eigenvalue weighted by Crippen LogP contribution is -2.23. The molecule has 0 radical (unpaired) electrons. The van der Waals surface area contributed by atoms with Crippen molar-refractivity contribution < 1.29 is 27.5 Å². The normalized spacial score (nSPS) is 10.7. The summed E-state index contributed by atoms with van der Waals surface area (Å²) in [5.74, 6) is -5.71. The predicted octanol–water partition coefficient (Wildman–Crippen LogP) is 5.63. The molecule has 2 aromatic rings. The SMILES string of the molecule is CC(C)CCCc1c(F)c(F)c(CNC(=O)O)c(F)c1F.CCc1nn(C)cc1Cl. The minimum atomic E-state index is -1.55. The quantitative estimate of drug-likeness (QED) is 0.423. The molecule has 0 unspecified atom stereocenters. The van der Waals surface area contributed by atoms with E-state index in [1.165, 1.54) is 0 Å². The fourth-order valence-corrected chi connectivity index (χ4v) is 3.01. The summed E-state index contributed by atoms with van der Waals surface area (Å²) >= 11 is 5.76. The van der Waals surface area contributed by atoms with E-state index in [1.807, 2.05) is 27.8 Å². The van der Waals surface area contributed by atoms with Crippen LogP contribution in [0.2, 0.25) is 5.02 Å². The van der Waals surface area contributed by atoms with Crippen LogP contribution in [-0.2, 0) is 26.4 Å². The van der Waals surface area contributed by atoms with E-state index >= 15 is 0 Å². The summed E-state index contributed by atoms with van der Waals surface area (Å²) in [6.07, 6.45) is 2.12. The topological polar surface area (TPSA) is 67.2 Å². The van der Waals surface area contributed by atoms with E-state index < -0.39 is 47.0 Å². The molecule has 0 saturated heterocycles. The van der Waals surface area contributed by atoms with E-state index in [4.69, 9.17) is 16.7 Å². The van der Waals surface area contributed by atoms with E-state index in [-0.39, 0.29) is 6.42 Å². The van der Waals surface area contributed by atoms with Crippen LogP contribution in [0.1, 0.15) is 50.4 Å². The molecule has 1 amide bonds. The van der Waals surface area contributed by atoms with Gasteiger partial charge in [0.15, 0.2) is 23.3 Å². The Morgan fingerprint density at radius 3 is 2.07 bits per heavy atom. The molecule has 1 heterocycles. The van der Waals surface area contributed by atoms with Gasteiger partial charge in [-0.2, -0.15) is 5.10 Å². The number of hydrogen-bond acceptors (Lipinski definition) is 2. The molecule has 1 aromatic carbocycles. The van der Waals surface area contributed by atoms with Gasteiger partial charge in [0.25, 0.3) is 0 Å². The number of nitrogens with zero attached hydrogens (tertiary/aromatic N) is 2. The average molecular weight is 452 g/mol. The van der Waals surface area contributed by atoms with Crippen molar-refractivity contribution in [2.24, 2.45) is 13.0 Å². The summed E-state index contributed by atoms with van der Waals surface area (Å²) in [6.45, 7) is 5.05. The molecule has 5 nitrogen and oxygen atoms in total. The second-order valence-corrected chi connectivity index (χ2v) is 7.52. The number of carbonyl (C=O) groups is 1. The molecule has 0 aliphatic carbocycles. The number of rotatable bonds is 7. The van der Waals surface area contributed by atoms with Crippen LogP contribution in [0.4, 0.5) is 22.4 Å². The smallest absolute Gasteiger partial charge is 0.404 e. The summed E-state index contributed by atoms with van der Waals surface area (Å²) < 4.78 is 56.8. The zero-order chi connectivity index (χ0) is 23.0. The second kappa shape index (κ2) is 11.8. The third-order valence-corrected chi connectivity index (χ3v) is 4.57. The molecular weight excluding hydrogens is 426 g/mol. The standard InChI is InChI=1S/C14H17F4NO2.C6H9ClN2/c1-7(2)4-3-5-8-10(15)12(17)9(6-19-14(20)21)13(18)11(8)16;1-3-6-5(7)4-9(2)8-6/h7,19H,3-6H2,1-2H3,(H,20,21);4H,3H2,1-2H3. The number of halogens is 5. The van der Waals surface area contributed by atoms with Crippen molar-refractivity contribution >= 4 is 17.7 Å². The van der Waals surface area contributed by atoms with Crippen molar-refractivity contribution in [1.82, 2.24) is 15.1 Å². The largest absolute Gasteiger partial charge is 0.465 e. The van der Waals surface area contributed by atoms with Gasteiger partial charge in [-0.25, -0.2) is 22.4 Å². The number of benzene rings is 1. The minimum absolute atomic E-state index is 0.115. The van der Waals surface area contributed by atoms with Crippen molar-refractivity contribution in [2.75, 3.05) is 0 Å². The van der Waals surface area contributed by atoms with E-state index in [1.54, 1.807) is 16.2 Å². The first-order valence-electron chi connectivity index (χ1n) is 9.47. The van der Waals surface area contributed by atoms with Crippen LogP contribution < -0.4 is 5.32 Å². The van der Waals surface area contributed by atoms with Crippen LogP contribution in [0.15, 0.2) is 6.20 Å². The molecule has 2 N–H and O–H groups in total. The van der Waals surface area contributed by atoms with Crippen LogP contribution in [0, 0.1) is 29.2 Å². The Morgan fingerprint density at radius 2 is 1.70 bits per heavy atom. The van der Waals surface area contributed by atoms with Crippen LogP contribution in [0.25, 0.3) is 0 Å². The van der Waals surface area contributed by atoms with E-state index in [2.05, 4.69) is 5.10 Å². The molecule has 1 aromatic heterocycles. The first-order valence-corrected chi connectivity index (χ1v) is 9.85. The summed E-state index contributed by atoms with van der Waals surface area (Å²) in [4.78, 5) is 10.3. The maximum Gasteiger partial charge on any atom is 0.404 e. The van der Waals surface area contributed by atoms with Gasteiger partial charge >= 0.3 is 6.09 Å². The fourth-order valence-electron chi connectivity index (χ4n) is 2.69. The molecule has 0 atom stereocenters. The molecular formula is C20H26ClF4N3O2. The summed E-state index contributed by atoms with van der Waals surface area (Å²) in [7, 11) is 1.87. The van der Waals surface area contributed by atoms with E-state index in [0.29, 0.717) is 18.8 Å². The number of aryl methyl sites for hydroxylation is 2. The molecule has 10 heteroatoms. The van der Waals surface area contributed by atoms with Crippen LogP contribution in [0.5, 0.6) is 0 Å². The van der Waals surface area contributed by atoms with E-state index in [0.717, 1.165) is 17.1 Å². The van der Waals surface area contributed by atoms with Gasteiger partial charge in [-0.1, -0.05) is 38.8 Å². The van der Waals surface area contributed by atoms with Crippen molar-refractivity contribution in [3.05, 3.63) is 51.3 Å². The van der Waals surface area contributed by atoms with Crippen molar-refractivity contribution in [1.29, 1.82) is 0 Å². The van der Waals surface area contributed by atoms with Crippen LogP contribution in [-0.4, -0.2) is 21.0 Å². The Kier molecular flexibility index (Phi) is 10.1. The summed E-state index contributed by atoms with van der Waals surface area (Å²) in [5.41, 5.74) is -0.621. The van der Waals surface area contributed by atoms with E-state index in [9.17, 15) is 22.4 Å². The molecule has 0 saturated carbocycles. The first-order chi connectivity index (χ1) is 14.0. The Hall–Kier alpha value is -2.29. The lowest BCUT2D eigenvalue weighted by molar-refractivity contribution is 0.193. The second-order valence-electron chi connectivity index (χ2n) is 7.11. The fraction of sp³-hybridized carbons (Fsp3) is 0.500. The summed E-state index contributed by atoms with van der Waals surface area (Å²) in [6, 6.07) is 0. The van der Waals surface area contributed by atoms with Gasteiger partial charge in [-0.05, 0) is 25.2 Å². The molecule has 30 heavy (non-hydrogen) atoms. The third kappa shape index (κ3) is 7.19. The van der Waals surface area contributed by atoms with Gasteiger partial charge in [0.2, 0.25) is 0 Å². The monoisotopic (exact) mass is 451 g/mol. The number of hydrogen-bond donors (Lipinski definition) is 2. The molecule has 0 fully saturated rings. The maximum atomic E-state index is 13.8. The number of carboxylic acid groups (broad SMARTS) is 1. The summed E-state index contributed by atoms with van der Waals surface area (Å²) in [5, 5.41) is 14.9. The first kappa shape index (κ1) is 25.7.